The highest BCUT2D eigenvalue weighted by molar-refractivity contribution is 6.16. The molecule has 0 saturated carbocycles. The van der Waals surface area contributed by atoms with Crippen molar-refractivity contribution in [2.75, 3.05) is 0 Å². The Hall–Kier alpha value is -3.73. The van der Waals surface area contributed by atoms with Gasteiger partial charge in [-0.05, 0) is 12.1 Å². The van der Waals surface area contributed by atoms with E-state index in [9.17, 15) is 24.6 Å². The number of ketones is 2. The summed E-state index contributed by atoms with van der Waals surface area (Å²) in [6.07, 6.45) is 0. The molecule has 0 aliphatic heterocycles. The van der Waals surface area contributed by atoms with Crippen molar-refractivity contribution in [3.63, 3.8) is 0 Å². The van der Waals surface area contributed by atoms with E-state index in [4.69, 9.17) is 0 Å². The van der Waals surface area contributed by atoms with Crippen LogP contribution in [0.3, 0.4) is 0 Å². The minimum atomic E-state index is -1.42. The van der Waals surface area contributed by atoms with Crippen molar-refractivity contribution >= 4 is 17.5 Å². The molecule has 2 N–H and O–H groups in total. The SMILES string of the molecule is O=C(c1ccccc1)c1cc(C(=O)O)c(O)c(C(=O)c2ccccc2)c1. The van der Waals surface area contributed by atoms with Gasteiger partial charge in [-0.25, -0.2) is 4.79 Å². The Bertz CT molecular complexity index is 992. The molecule has 3 aromatic carbocycles. The van der Waals surface area contributed by atoms with Crippen LogP contribution in [-0.4, -0.2) is 27.7 Å². The van der Waals surface area contributed by atoms with Crippen molar-refractivity contribution < 1.29 is 24.6 Å². The van der Waals surface area contributed by atoms with Gasteiger partial charge in [-0.15, -0.1) is 0 Å². The number of carboxylic acid groups (broad SMARTS) is 1. The summed E-state index contributed by atoms with van der Waals surface area (Å²) in [6.45, 7) is 0. The number of carboxylic acids is 1. The Morgan fingerprint density at radius 1 is 0.615 bits per heavy atom. The van der Waals surface area contributed by atoms with Crippen molar-refractivity contribution in [1.82, 2.24) is 0 Å². The van der Waals surface area contributed by atoms with Crippen LogP contribution in [0.5, 0.6) is 5.75 Å². The molecule has 3 rings (SSSR count). The molecule has 0 spiro atoms. The highest BCUT2D eigenvalue weighted by Crippen LogP contribution is 2.28. The van der Waals surface area contributed by atoms with E-state index in [1.165, 1.54) is 6.07 Å². The van der Waals surface area contributed by atoms with Crippen LogP contribution >= 0.6 is 0 Å². The maximum absolute atomic E-state index is 12.7. The summed E-state index contributed by atoms with van der Waals surface area (Å²) in [7, 11) is 0. The molecule has 0 saturated heterocycles. The molecule has 0 aromatic heterocycles. The summed E-state index contributed by atoms with van der Waals surface area (Å²) in [5, 5.41) is 19.6. The van der Waals surface area contributed by atoms with Crippen LogP contribution in [-0.2, 0) is 0 Å². The number of aromatic carboxylic acids is 1. The fraction of sp³-hybridized carbons (Fsp3) is 0. The van der Waals surface area contributed by atoms with Gasteiger partial charge in [-0.3, -0.25) is 9.59 Å². The second kappa shape index (κ2) is 7.03. The number of phenols is 1. The summed E-state index contributed by atoms with van der Waals surface area (Å²) in [5.74, 6) is -3.08. The van der Waals surface area contributed by atoms with E-state index in [2.05, 4.69) is 0 Å². The minimum Gasteiger partial charge on any atom is -0.506 e. The lowest BCUT2D eigenvalue weighted by Crippen LogP contribution is -2.10. The van der Waals surface area contributed by atoms with Crippen molar-refractivity contribution in [2.24, 2.45) is 0 Å². The normalized spacial score (nSPS) is 10.3. The van der Waals surface area contributed by atoms with Crippen molar-refractivity contribution in [3.05, 3.63) is 101 Å². The van der Waals surface area contributed by atoms with Crippen LogP contribution in [0.4, 0.5) is 0 Å². The second-order valence-corrected chi connectivity index (χ2v) is 5.62. The smallest absolute Gasteiger partial charge is 0.339 e. The number of benzene rings is 3. The molecule has 0 fully saturated rings. The van der Waals surface area contributed by atoms with E-state index in [0.29, 0.717) is 5.56 Å². The fourth-order valence-electron chi connectivity index (χ4n) is 2.60. The van der Waals surface area contributed by atoms with Gasteiger partial charge in [0, 0.05) is 16.7 Å². The van der Waals surface area contributed by atoms with E-state index in [-0.39, 0.29) is 16.7 Å². The first kappa shape index (κ1) is 17.1. The van der Waals surface area contributed by atoms with E-state index in [1.54, 1.807) is 60.7 Å². The summed E-state index contributed by atoms with van der Waals surface area (Å²) >= 11 is 0. The van der Waals surface area contributed by atoms with Gasteiger partial charge < -0.3 is 10.2 Å². The van der Waals surface area contributed by atoms with E-state index < -0.39 is 28.8 Å². The third-order valence-electron chi connectivity index (χ3n) is 3.92. The molecule has 0 bridgehead atoms. The van der Waals surface area contributed by atoms with E-state index >= 15 is 0 Å². The monoisotopic (exact) mass is 346 g/mol. The first-order valence-electron chi connectivity index (χ1n) is 7.79. The minimum absolute atomic E-state index is 0.0191. The van der Waals surface area contributed by atoms with Gasteiger partial charge in [0.2, 0.25) is 0 Å². The number of aromatic hydroxyl groups is 1. The first-order chi connectivity index (χ1) is 12.5. The molecule has 0 amide bonds. The molecule has 26 heavy (non-hydrogen) atoms. The van der Waals surface area contributed by atoms with Crippen LogP contribution in [0.2, 0.25) is 0 Å². The lowest BCUT2D eigenvalue weighted by Gasteiger charge is -2.10. The molecule has 5 heteroatoms. The summed E-state index contributed by atoms with van der Waals surface area (Å²) < 4.78 is 0. The van der Waals surface area contributed by atoms with E-state index in [1.807, 2.05) is 0 Å². The van der Waals surface area contributed by atoms with Gasteiger partial charge >= 0.3 is 5.97 Å². The summed E-state index contributed by atoms with van der Waals surface area (Å²) in [6, 6.07) is 18.7. The van der Waals surface area contributed by atoms with Gasteiger partial charge in [-0.1, -0.05) is 60.7 Å². The third kappa shape index (κ3) is 3.23. The van der Waals surface area contributed by atoms with Crippen LogP contribution in [0.1, 0.15) is 42.2 Å². The van der Waals surface area contributed by atoms with Crippen LogP contribution < -0.4 is 0 Å². The molecule has 0 aliphatic rings. The average Bonchev–Trinajstić information content (AvgIpc) is 2.68. The first-order valence-corrected chi connectivity index (χ1v) is 7.79. The standard InChI is InChI=1S/C21H14O5/c22-18(13-7-3-1-4-8-13)15-11-16(20(24)17(12-15)21(25)26)19(23)14-9-5-2-6-10-14/h1-12,24H,(H,25,26). The largest absolute Gasteiger partial charge is 0.506 e. The molecule has 0 unspecified atom stereocenters. The van der Waals surface area contributed by atoms with Crippen molar-refractivity contribution in [1.29, 1.82) is 0 Å². The number of hydrogen-bond acceptors (Lipinski definition) is 4. The molecule has 5 nitrogen and oxygen atoms in total. The predicted octanol–water partition coefficient (Wildman–Crippen LogP) is 3.55. The van der Waals surface area contributed by atoms with Gasteiger partial charge in [0.25, 0.3) is 0 Å². The molecule has 0 aliphatic carbocycles. The van der Waals surface area contributed by atoms with Crippen LogP contribution in [0.25, 0.3) is 0 Å². The number of hydrogen-bond donors (Lipinski definition) is 2. The molecule has 3 aromatic rings. The molecule has 0 atom stereocenters. The molecular weight excluding hydrogens is 332 g/mol. The topological polar surface area (TPSA) is 91.7 Å². The Balaban J connectivity index is 2.16. The number of rotatable bonds is 5. The highest BCUT2D eigenvalue weighted by Gasteiger charge is 2.23. The predicted molar refractivity (Wildman–Crippen MR) is 94.8 cm³/mol. The fourth-order valence-corrected chi connectivity index (χ4v) is 2.60. The molecular formula is C21H14O5. The van der Waals surface area contributed by atoms with Gasteiger partial charge in [-0.2, -0.15) is 0 Å². The maximum Gasteiger partial charge on any atom is 0.339 e. The lowest BCUT2D eigenvalue weighted by atomic mass is 9.94. The third-order valence-corrected chi connectivity index (χ3v) is 3.92. The zero-order chi connectivity index (χ0) is 18.7. The van der Waals surface area contributed by atoms with Crippen molar-refractivity contribution in [3.8, 4) is 5.75 Å². The molecule has 0 radical (unpaired) electrons. The summed E-state index contributed by atoms with van der Waals surface area (Å²) in [4.78, 5) is 36.8. The average molecular weight is 346 g/mol. The zero-order valence-electron chi connectivity index (χ0n) is 13.5. The Labute approximate surface area is 149 Å². The maximum atomic E-state index is 12.7. The Kier molecular flexibility index (Phi) is 4.62. The van der Waals surface area contributed by atoms with Gasteiger partial charge in [0.1, 0.15) is 11.3 Å². The molecule has 0 heterocycles. The molecule has 128 valence electrons. The quantitative estimate of drug-likeness (QED) is 0.689. The summed E-state index contributed by atoms with van der Waals surface area (Å²) in [5.41, 5.74) is -0.0665. The van der Waals surface area contributed by atoms with Gasteiger partial charge in [0.15, 0.2) is 11.6 Å². The van der Waals surface area contributed by atoms with Crippen molar-refractivity contribution in [2.45, 2.75) is 0 Å². The lowest BCUT2D eigenvalue weighted by molar-refractivity contribution is 0.0693. The number of carbonyl (C=O) groups excluding carboxylic acids is 2. The number of carbonyl (C=O) groups is 3. The highest BCUT2D eigenvalue weighted by atomic mass is 16.4. The second-order valence-electron chi connectivity index (χ2n) is 5.62. The zero-order valence-corrected chi connectivity index (χ0v) is 13.5. The Morgan fingerprint density at radius 2 is 1.08 bits per heavy atom. The van der Waals surface area contributed by atoms with Gasteiger partial charge in [0.05, 0.1) is 5.56 Å². The van der Waals surface area contributed by atoms with Crippen LogP contribution in [0, 0.1) is 0 Å². The van der Waals surface area contributed by atoms with E-state index in [0.717, 1.165) is 6.07 Å². The van der Waals surface area contributed by atoms with Crippen LogP contribution in [0.15, 0.2) is 72.8 Å². The Morgan fingerprint density at radius 3 is 1.58 bits per heavy atom.